The number of aliphatic imine (C=N–C) groups is 1. The molecule has 1 aliphatic heterocycles. The van der Waals surface area contributed by atoms with Gasteiger partial charge in [-0.1, -0.05) is 48.5 Å². The molecule has 0 bridgehead atoms. The minimum absolute atomic E-state index is 0.558. The zero-order valence-corrected chi connectivity index (χ0v) is 16.0. The summed E-state index contributed by atoms with van der Waals surface area (Å²) in [5.74, 6) is -0.445. The molecule has 0 aromatic heterocycles. The fourth-order valence-electron chi connectivity index (χ4n) is 2.63. The van der Waals surface area contributed by atoms with Crippen LogP contribution in [0.1, 0.15) is 12.8 Å². The average Bonchev–Trinajstić information content (AvgIpc) is 3.25. The number of para-hydroxylation sites is 1. The molecule has 0 unspecified atom stereocenters. The van der Waals surface area contributed by atoms with E-state index >= 15 is 0 Å². The van der Waals surface area contributed by atoms with E-state index in [0.29, 0.717) is 18.8 Å². The van der Waals surface area contributed by atoms with E-state index in [1.807, 2.05) is 24.3 Å². The highest BCUT2D eigenvalue weighted by Crippen LogP contribution is 2.29. The van der Waals surface area contributed by atoms with Gasteiger partial charge in [0.25, 0.3) is 0 Å². The Balaban J connectivity index is 0.000000321. The van der Waals surface area contributed by atoms with E-state index in [4.69, 9.17) is 14.9 Å². The highest BCUT2D eigenvalue weighted by atomic mass is 16.5. The van der Waals surface area contributed by atoms with E-state index in [1.54, 1.807) is 0 Å². The summed E-state index contributed by atoms with van der Waals surface area (Å²) < 4.78 is 5.97. The summed E-state index contributed by atoms with van der Waals surface area (Å²) in [4.78, 5) is 23.5. The average molecular weight is 396 g/mol. The molecule has 1 heterocycles. The molecule has 3 rings (SSSR count). The topological polar surface area (TPSA) is 108 Å². The first-order valence-corrected chi connectivity index (χ1v) is 9.24. The summed E-state index contributed by atoms with van der Waals surface area (Å²) in [5.41, 5.74) is 2.34. The van der Waals surface area contributed by atoms with E-state index in [0.717, 1.165) is 43.1 Å². The van der Waals surface area contributed by atoms with Crippen molar-refractivity contribution < 1.29 is 24.5 Å². The van der Waals surface area contributed by atoms with Gasteiger partial charge in [0.15, 0.2) is 0 Å². The Bertz CT molecular complexity index is 847. The van der Waals surface area contributed by atoms with Gasteiger partial charge in [0.05, 0.1) is 19.0 Å². The number of ether oxygens (including phenoxy) is 1. The summed E-state index contributed by atoms with van der Waals surface area (Å²) in [7, 11) is 0. The molecule has 0 atom stereocenters. The second kappa shape index (κ2) is 12.0. The van der Waals surface area contributed by atoms with Gasteiger partial charge in [0, 0.05) is 30.7 Å². The van der Waals surface area contributed by atoms with Crippen LogP contribution >= 0.6 is 0 Å². The molecular weight excluding hydrogens is 372 g/mol. The third kappa shape index (κ3) is 8.30. The van der Waals surface area contributed by atoms with Gasteiger partial charge >= 0.3 is 11.9 Å². The summed E-state index contributed by atoms with van der Waals surface area (Å²) >= 11 is 0. The molecule has 2 aromatic rings. The first-order valence-electron chi connectivity index (χ1n) is 9.24. The van der Waals surface area contributed by atoms with E-state index in [1.165, 1.54) is 5.56 Å². The van der Waals surface area contributed by atoms with Crippen molar-refractivity contribution in [1.29, 1.82) is 0 Å². The number of hydrogen-bond donors (Lipinski definition) is 3. The molecule has 0 aliphatic carbocycles. The number of carbonyl (C=O) groups is 2. The quantitative estimate of drug-likeness (QED) is 0.467. The Kier molecular flexibility index (Phi) is 8.95. The zero-order valence-electron chi connectivity index (χ0n) is 16.0. The number of carboxylic acids is 2. The summed E-state index contributed by atoms with van der Waals surface area (Å²) in [5, 5.41) is 18.9. The van der Waals surface area contributed by atoms with Gasteiger partial charge in [-0.15, -0.1) is 0 Å². The lowest BCUT2D eigenvalue weighted by molar-refractivity contribution is -0.134. The molecule has 29 heavy (non-hydrogen) atoms. The predicted octanol–water partition coefficient (Wildman–Crippen LogP) is 3.23. The molecule has 152 valence electrons. The number of nitrogens with zero attached hydrogens (tertiary/aromatic N) is 1. The van der Waals surface area contributed by atoms with Crippen LogP contribution in [0.15, 0.2) is 71.7 Å². The summed E-state index contributed by atoms with van der Waals surface area (Å²) in [6.07, 6.45) is 3.06. The molecule has 0 saturated carbocycles. The lowest BCUT2D eigenvalue weighted by Gasteiger charge is -2.11. The number of amidine groups is 1. The maximum atomic E-state index is 9.55. The second-order valence-corrected chi connectivity index (χ2v) is 6.08. The fourth-order valence-corrected chi connectivity index (χ4v) is 2.63. The molecule has 0 radical (unpaired) electrons. The van der Waals surface area contributed by atoms with Gasteiger partial charge in [-0.3, -0.25) is 4.99 Å². The Morgan fingerprint density at radius 2 is 1.66 bits per heavy atom. The first-order chi connectivity index (χ1) is 14.1. The van der Waals surface area contributed by atoms with Crippen molar-refractivity contribution >= 4 is 17.8 Å². The van der Waals surface area contributed by atoms with Crippen LogP contribution in [0.5, 0.6) is 5.75 Å². The highest BCUT2D eigenvalue weighted by Gasteiger charge is 2.07. The van der Waals surface area contributed by atoms with Crippen LogP contribution in [-0.2, 0) is 9.59 Å². The van der Waals surface area contributed by atoms with E-state index in [-0.39, 0.29) is 0 Å². The van der Waals surface area contributed by atoms with E-state index in [2.05, 4.69) is 40.6 Å². The van der Waals surface area contributed by atoms with Gasteiger partial charge in [0.2, 0.25) is 0 Å². The van der Waals surface area contributed by atoms with Crippen LogP contribution in [0.4, 0.5) is 0 Å². The van der Waals surface area contributed by atoms with Crippen LogP contribution < -0.4 is 10.1 Å². The lowest BCUT2D eigenvalue weighted by atomic mass is 10.1. The van der Waals surface area contributed by atoms with Crippen molar-refractivity contribution in [3.8, 4) is 16.9 Å². The lowest BCUT2D eigenvalue weighted by Crippen LogP contribution is -2.18. The molecule has 0 spiro atoms. The Hall–Kier alpha value is -3.61. The molecule has 7 heteroatoms. The van der Waals surface area contributed by atoms with Gasteiger partial charge < -0.3 is 20.3 Å². The van der Waals surface area contributed by atoms with E-state index in [9.17, 15) is 9.59 Å². The molecule has 2 aromatic carbocycles. The van der Waals surface area contributed by atoms with Gasteiger partial charge in [-0.25, -0.2) is 9.59 Å². The monoisotopic (exact) mass is 396 g/mol. The highest BCUT2D eigenvalue weighted by molar-refractivity contribution is 5.89. The van der Waals surface area contributed by atoms with Crippen molar-refractivity contribution in [1.82, 2.24) is 5.32 Å². The number of aliphatic carboxylic acids is 2. The van der Waals surface area contributed by atoms with Gasteiger partial charge in [-0.2, -0.15) is 0 Å². The molecule has 1 aliphatic rings. The molecule has 3 N–H and O–H groups in total. The van der Waals surface area contributed by atoms with Crippen LogP contribution in [0.25, 0.3) is 11.1 Å². The standard InChI is InChI=1S/C18H20N2O.C4H4O4/c1-2-7-15(8-3-1)16-9-4-5-10-17(16)21-14-6-11-18-19-12-13-20-18;5-3(6)1-2-4(7)8/h1-5,7-10H,6,11-14H2,(H,19,20);1-2H,(H,5,6)(H,7,8)/b;2-1-. The fraction of sp³-hybridized carbons (Fsp3) is 0.227. The van der Waals surface area contributed by atoms with Crippen LogP contribution in [-0.4, -0.2) is 47.7 Å². The maximum Gasteiger partial charge on any atom is 0.328 e. The minimum Gasteiger partial charge on any atom is -0.493 e. The Morgan fingerprint density at radius 3 is 2.28 bits per heavy atom. The predicted molar refractivity (Wildman–Crippen MR) is 111 cm³/mol. The molecule has 0 amide bonds. The molecular formula is C22H24N2O5. The van der Waals surface area contributed by atoms with Crippen molar-refractivity contribution in [3.05, 3.63) is 66.7 Å². The normalized spacial score (nSPS) is 12.5. The maximum absolute atomic E-state index is 9.55. The Labute approximate surface area is 169 Å². The smallest absolute Gasteiger partial charge is 0.328 e. The van der Waals surface area contributed by atoms with Crippen molar-refractivity contribution in [2.75, 3.05) is 19.7 Å². The molecule has 0 saturated heterocycles. The third-order valence-electron chi connectivity index (χ3n) is 3.90. The third-order valence-corrected chi connectivity index (χ3v) is 3.90. The van der Waals surface area contributed by atoms with Crippen LogP contribution in [0.3, 0.4) is 0 Å². The molecule has 0 fully saturated rings. The number of carboxylic acid groups (broad SMARTS) is 2. The number of hydrogen-bond acceptors (Lipinski definition) is 5. The Morgan fingerprint density at radius 1 is 1.00 bits per heavy atom. The first kappa shape index (κ1) is 21.7. The van der Waals surface area contributed by atoms with Gasteiger partial charge in [-0.05, 0) is 18.1 Å². The number of nitrogens with one attached hydrogen (secondary N) is 1. The van der Waals surface area contributed by atoms with Gasteiger partial charge in [0.1, 0.15) is 5.75 Å². The SMILES string of the molecule is O=C(O)/C=C\C(=O)O.c1ccc(-c2ccccc2OCCCC2=NCCN2)cc1. The minimum atomic E-state index is -1.26. The second-order valence-electron chi connectivity index (χ2n) is 6.08. The zero-order chi connectivity index (χ0) is 20.9. The van der Waals surface area contributed by atoms with Crippen LogP contribution in [0, 0.1) is 0 Å². The van der Waals surface area contributed by atoms with Crippen molar-refractivity contribution in [2.24, 2.45) is 4.99 Å². The summed E-state index contributed by atoms with van der Waals surface area (Å²) in [6.45, 7) is 2.60. The van der Waals surface area contributed by atoms with Crippen molar-refractivity contribution in [3.63, 3.8) is 0 Å². The summed E-state index contributed by atoms with van der Waals surface area (Å²) in [6, 6.07) is 18.6. The number of benzene rings is 2. The molecule has 7 nitrogen and oxygen atoms in total. The largest absolute Gasteiger partial charge is 0.493 e. The van der Waals surface area contributed by atoms with Crippen molar-refractivity contribution in [2.45, 2.75) is 12.8 Å². The number of rotatable bonds is 8. The van der Waals surface area contributed by atoms with Crippen LogP contribution in [0.2, 0.25) is 0 Å². The van der Waals surface area contributed by atoms with E-state index < -0.39 is 11.9 Å².